The van der Waals surface area contributed by atoms with E-state index in [1.165, 1.54) is 0 Å². The first kappa shape index (κ1) is 12.9. The Labute approximate surface area is 114 Å². The van der Waals surface area contributed by atoms with E-state index in [0.717, 1.165) is 12.8 Å². The maximum Gasteiger partial charge on any atom is 0.254 e. The summed E-state index contributed by atoms with van der Waals surface area (Å²) < 4.78 is 0.713. The van der Waals surface area contributed by atoms with Crippen LogP contribution in [0.1, 0.15) is 23.2 Å². The highest BCUT2D eigenvalue weighted by atomic mass is 79.9. The fourth-order valence-corrected chi connectivity index (χ4v) is 2.58. The monoisotopic (exact) mass is 317 g/mol. The van der Waals surface area contributed by atoms with Gasteiger partial charge in [-0.15, -0.1) is 0 Å². The zero-order valence-electron chi connectivity index (χ0n) is 9.20. The summed E-state index contributed by atoms with van der Waals surface area (Å²) in [6, 6.07) is 5.08. The van der Waals surface area contributed by atoms with Crippen LogP contribution in [0.2, 0.25) is 5.02 Å². The highest BCUT2D eigenvalue weighted by Gasteiger charge is 2.28. The summed E-state index contributed by atoms with van der Waals surface area (Å²) >= 11 is 9.19. The van der Waals surface area contributed by atoms with Gasteiger partial charge in [0.25, 0.3) is 5.91 Å². The van der Waals surface area contributed by atoms with Gasteiger partial charge in [-0.3, -0.25) is 4.79 Å². The first-order valence-corrected chi connectivity index (χ1v) is 6.67. The molecule has 1 aliphatic rings. The van der Waals surface area contributed by atoms with Crippen LogP contribution in [-0.2, 0) is 0 Å². The third-order valence-electron chi connectivity index (χ3n) is 3.02. The van der Waals surface area contributed by atoms with Crippen molar-refractivity contribution >= 4 is 33.4 Å². The van der Waals surface area contributed by atoms with Gasteiger partial charge in [0, 0.05) is 16.6 Å². The lowest BCUT2D eigenvalue weighted by Crippen LogP contribution is -2.37. The van der Waals surface area contributed by atoms with Gasteiger partial charge in [-0.1, -0.05) is 11.6 Å². The summed E-state index contributed by atoms with van der Waals surface area (Å²) in [5.74, 6) is -0.0427. The Kier molecular flexibility index (Phi) is 4.07. The summed E-state index contributed by atoms with van der Waals surface area (Å²) in [6.45, 7) is 0.741. The zero-order valence-corrected chi connectivity index (χ0v) is 11.5. The molecule has 92 valence electrons. The van der Waals surface area contributed by atoms with Crippen molar-refractivity contribution in [3.05, 3.63) is 33.3 Å². The molecule has 0 radical (unpaired) electrons. The molecule has 0 unspecified atom stereocenters. The van der Waals surface area contributed by atoms with Crippen molar-refractivity contribution in [2.45, 2.75) is 18.9 Å². The first-order chi connectivity index (χ1) is 8.13. The van der Waals surface area contributed by atoms with Crippen molar-refractivity contribution in [1.29, 1.82) is 0 Å². The van der Waals surface area contributed by atoms with E-state index in [1.807, 2.05) is 0 Å². The smallest absolute Gasteiger partial charge is 0.254 e. The van der Waals surface area contributed by atoms with Gasteiger partial charge in [0.2, 0.25) is 0 Å². The summed E-state index contributed by atoms with van der Waals surface area (Å²) in [4.78, 5) is 14.0. The van der Waals surface area contributed by atoms with Crippen LogP contribution in [0.15, 0.2) is 22.7 Å². The summed E-state index contributed by atoms with van der Waals surface area (Å²) in [7, 11) is 0. The van der Waals surface area contributed by atoms with E-state index in [1.54, 1.807) is 23.1 Å². The van der Waals surface area contributed by atoms with Gasteiger partial charge < -0.3 is 10.0 Å². The van der Waals surface area contributed by atoms with Crippen molar-refractivity contribution in [3.8, 4) is 0 Å². The van der Waals surface area contributed by atoms with Gasteiger partial charge in [-0.05, 0) is 47.0 Å². The second-order valence-electron chi connectivity index (χ2n) is 4.11. The zero-order chi connectivity index (χ0) is 12.4. The Bertz CT molecular complexity index is 439. The highest BCUT2D eigenvalue weighted by Crippen LogP contribution is 2.25. The van der Waals surface area contributed by atoms with Crippen molar-refractivity contribution < 1.29 is 9.90 Å². The molecule has 1 fully saturated rings. The second kappa shape index (κ2) is 5.38. The van der Waals surface area contributed by atoms with Gasteiger partial charge >= 0.3 is 0 Å². The normalized spacial score (nSPS) is 19.7. The number of rotatable bonds is 2. The minimum atomic E-state index is -0.0445. The molecule has 1 aromatic carbocycles. The molecule has 2 rings (SSSR count). The fraction of sp³-hybridized carbons (Fsp3) is 0.417. The predicted molar refractivity (Wildman–Crippen MR) is 70.3 cm³/mol. The van der Waals surface area contributed by atoms with Crippen LogP contribution in [0.5, 0.6) is 0 Å². The number of hydrogen-bond acceptors (Lipinski definition) is 2. The number of aliphatic hydroxyl groups is 1. The fourth-order valence-electron chi connectivity index (χ4n) is 2.09. The summed E-state index contributed by atoms with van der Waals surface area (Å²) in [5, 5.41) is 9.79. The first-order valence-electron chi connectivity index (χ1n) is 5.50. The van der Waals surface area contributed by atoms with Crippen molar-refractivity contribution in [3.63, 3.8) is 0 Å². The summed E-state index contributed by atoms with van der Waals surface area (Å²) in [6.07, 6.45) is 1.82. The Morgan fingerprint density at radius 1 is 1.59 bits per heavy atom. The third-order valence-corrected chi connectivity index (χ3v) is 4.23. The van der Waals surface area contributed by atoms with E-state index in [2.05, 4.69) is 15.9 Å². The molecule has 1 N–H and O–H groups in total. The molecule has 0 saturated carbocycles. The minimum Gasteiger partial charge on any atom is -0.394 e. The molecule has 0 bridgehead atoms. The third kappa shape index (κ3) is 2.64. The molecule has 1 aromatic rings. The maximum absolute atomic E-state index is 12.2. The van der Waals surface area contributed by atoms with Crippen molar-refractivity contribution in [2.24, 2.45) is 0 Å². The SMILES string of the molecule is O=C(c1ccc(Cl)c(Br)c1)N1CCC[C@@H]1CO. The van der Waals surface area contributed by atoms with Gasteiger partial charge in [-0.2, -0.15) is 0 Å². The van der Waals surface area contributed by atoms with E-state index in [4.69, 9.17) is 11.6 Å². The van der Waals surface area contributed by atoms with Crippen molar-refractivity contribution in [2.75, 3.05) is 13.2 Å². The Morgan fingerprint density at radius 2 is 2.35 bits per heavy atom. The molecular formula is C12H13BrClNO2. The number of carbonyl (C=O) groups is 1. The van der Waals surface area contributed by atoms with Crippen LogP contribution < -0.4 is 0 Å². The molecular weight excluding hydrogens is 305 g/mol. The molecule has 0 aliphatic carbocycles. The van der Waals surface area contributed by atoms with Crippen molar-refractivity contribution in [1.82, 2.24) is 4.90 Å². The van der Waals surface area contributed by atoms with E-state index < -0.39 is 0 Å². The maximum atomic E-state index is 12.2. The van der Waals surface area contributed by atoms with Gasteiger partial charge in [0.1, 0.15) is 0 Å². The molecule has 1 heterocycles. The molecule has 1 aliphatic heterocycles. The van der Waals surface area contributed by atoms with E-state index >= 15 is 0 Å². The van der Waals surface area contributed by atoms with Gasteiger partial charge in [-0.25, -0.2) is 0 Å². The molecule has 1 amide bonds. The number of carbonyl (C=O) groups excluding carboxylic acids is 1. The predicted octanol–water partition coefficient (Wildman–Crippen LogP) is 2.70. The molecule has 17 heavy (non-hydrogen) atoms. The number of amides is 1. The Balaban J connectivity index is 2.21. The topological polar surface area (TPSA) is 40.5 Å². The number of likely N-dealkylation sites (tertiary alicyclic amines) is 1. The lowest BCUT2D eigenvalue weighted by Gasteiger charge is -2.23. The van der Waals surface area contributed by atoms with Crippen LogP contribution in [-0.4, -0.2) is 35.1 Å². The molecule has 0 spiro atoms. The van der Waals surface area contributed by atoms with E-state index in [9.17, 15) is 9.90 Å². The standard InChI is InChI=1S/C12H13BrClNO2/c13-10-6-8(3-4-11(10)14)12(17)15-5-1-2-9(15)7-16/h3-4,6,9,16H,1-2,5,7H2/t9-/m1/s1. The molecule has 0 aromatic heterocycles. The summed E-state index contributed by atoms with van der Waals surface area (Å²) in [5.41, 5.74) is 0.599. The highest BCUT2D eigenvalue weighted by molar-refractivity contribution is 9.10. The average molecular weight is 319 g/mol. The molecule has 5 heteroatoms. The average Bonchev–Trinajstić information content (AvgIpc) is 2.80. The van der Waals surface area contributed by atoms with Crippen LogP contribution in [0, 0.1) is 0 Å². The van der Waals surface area contributed by atoms with Crippen LogP contribution in [0.4, 0.5) is 0 Å². The molecule has 1 saturated heterocycles. The minimum absolute atomic E-state index is 0.0283. The van der Waals surface area contributed by atoms with Crippen LogP contribution >= 0.6 is 27.5 Å². The van der Waals surface area contributed by atoms with Crippen LogP contribution in [0.3, 0.4) is 0 Å². The number of benzene rings is 1. The van der Waals surface area contributed by atoms with Crippen LogP contribution in [0.25, 0.3) is 0 Å². The largest absolute Gasteiger partial charge is 0.394 e. The molecule has 1 atom stereocenters. The van der Waals surface area contributed by atoms with E-state index in [0.29, 0.717) is 21.6 Å². The lowest BCUT2D eigenvalue weighted by molar-refractivity contribution is 0.0677. The number of aliphatic hydroxyl groups excluding tert-OH is 1. The Hall–Kier alpha value is -0.580. The quantitative estimate of drug-likeness (QED) is 0.911. The number of hydrogen-bond donors (Lipinski definition) is 1. The van der Waals surface area contributed by atoms with E-state index in [-0.39, 0.29) is 18.6 Å². The molecule has 3 nitrogen and oxygen atoms in total. The second-order valence-corrected chi connectivity index (χ2v) is 5.37. The number of nitrogens with zero attached hydrogens (tertiary/aromatic N) is 1. The lowest BCUT2D eigenvalue weighted by atomic mass is 10.2. The van der Waals surface area contributed by atoms with Gasteiger partial charge in [0.05, 0.1) is 17.7 Å². The Morgan fingerprint density at radius 3 is 3.00 bits per heavy atom. The number of halogens is 2. The van der Waals surface area contributed by atoms with Gasteiger partial charge in [0.15, 0.2) is 0 Å².